The monoisotopic (exact) mass is 205 g/mol. The van der Waals surface area contributed by atoms with E-state index < -0.39 is 0 Å². The van der Waals surface area contributed by atoms with Crippen LogP contribution in [0.5, 0.6) is 0 Å². The van der Waals surface area contributed by atoms with Gasteiger partial charge in [-0.05, 0) is 31.1 Å². The number of nitrogens with zero attached hydrogens (tertiary/aromatic N) is 2. The Labute approximate surface area is 90.9 Å². The smallest absolute Gasteiger partial charge is 0.0948 e. The second-order valence-electron chi connectivity index (χ2n) is 5.17. The fourth-order valence-corrected chi connectivity index (χ4v) is 2.10. The average molecular weight is 205 g/mol. The minimum atomic E-state index is 0.785. The standard InChI is InChI=1S/C12H19N3/c1-9-4-10(9)7-15-8-13-5-12(15)6-14-11-2-3-11/h5,8-11,14H,2-4,6-7H2,1H3. The molecule has 1 aromatic heterocycles. The van der Waals surface area contributed by atoms with Crippen LogP contribution in [0.15, 0.2) is 12.5 Å². The summed E-state index contributed by atoms with van der Waals surface area (Å²) in [6, 6.07) is 0.785. The van der Waals surface area contributed by atoms with Gasteiger partial charge in [-0.15, -0.1) is 0 Å². The van der Waals surface area contributed by atoms with Crippen molar-refractivity contribution in [1.29, 1.82) is 0 Å². The predicted octanol–water partition coefficient (Wildman–Crippen LogP) is 1.79. The summed E-state index contributed by atoms with van der Waals surface area (Å²) in [5.41, 5.74) is 1.35. The third kappa shape index (κ3) is 2.23. The van der Waals surface area contributed by atoms with Gasteiger partial charge in [-0.1, -0.05) is 6.92 Å². The molecule has 0 amide bonds. The van der Waals surface area contributed by atoms with Gasteiger partial charge in [-0.25, -0.2) is 4.98 Å². The second-order valence-corrected chi connectivity index (χ2v) is 5.17. The fourth-order valence-electron chi connectivity index (χ4n) is 2.10. The van der Waals surface area contributed by atoms with Crippen molar-refractivity contribution < 1.29 is 0 Å². The van der Waals surface area contributed by atoms with Gasteiger partial charge >= 0.3 is 0 Å². The zero-order chi connectivity index (χ0) is 10.3. The van der Waals surface area contributed by atoms with Gasteiger partial charge in [0.15, 0.2) is 0 Å². The van der Waals surface area contributed by atoms with E-state index in [-0.39, 0.29) is 0 Å². The van der Waals surface area contributed by atoms with Crippen LogP contribution in [0.25, 0.3) is 0 Å². The Bertz CT molecular complexity index is 340. The molecule has 2 fully saturated rings. The Morgan fingerprint density at radius 3 is 3.00 bits per heavy atom. The third-order valence-corrected chi connectivity index (χ3v) is 3.66. The highest BCUT2D eigenvalue weighted by atomic mass is 15.1. The predicted molar refractivity (Wildman–Crippen MR) is 59.4 cm³/mol. The lowest BCUT2D eigenvalue weighted by Crippen LogP contribution is -2.18. The molecule has 0 bridgehead atoms. The van der Waals surface area contributed by atoms with Crippen LogP contribution in [-0.4, -0.2) is 15.6 Å². The van der Waals surface area contributed by atoms with Crippen molar-refractivity contribution in [1.82, 2.24) is 14.9 Å². The number of hydrogen-bond acceptors (Lipinski definition) is 2. The van der Waals surface area contributed by atoms with Gasteiger partial charge in [0.05, 0.1) is 12.0 Å². The van der Waals surface area contributed by atoms with Crippen molar-refractivity contribution >= 4 is 0 Å². The molecule has 3 heteroatoms. The van der Waals surface area contributed by atoms with E-state index in [1.165, 1.54) is 31.5 Å². The van der Waals surface area contributed by atoms with E-state index in [1.807, 2.05) is 12.5 Å². The zero-order valence-electron chi connectivity index (χ0n) is 9.32. The van der Waals surface area contributed by atoms with E-state index in [4.69, 9.17) is 0 Å². The molecule has 0 radical (unpaired) electrons. The van der Waals surface area contributed by atoms with Crippen molar-refractivity contribution in [2.75, 3.05) is 0 Å². The molecule has 0 aliphatic heterocycles. The molecule has 1 N–H and O–H groups in total. The number of imidazole rings is 1. The third-order valence-electron chi connectivity index (χ3n) is 3.66. The van der Waals surface area contributed by atoms with Gasteiger partial charge in [0.1, 0.15) is 0 Å². The molecular formula is C12H19N3. The van der Waals surface area contributed by atoms with Gasteiger partial charge < -0.3 is 9.88 Å². The van der Waals surface area contributed by atoms with E-state index in [0.29, 0.717) is 0 Å². The minimum absolute atomic E-state index is 0.785. The molecule has 2 aliphatic carbocycles. The zero-order valence-corrected chi connectivity index (χ0v) is 9.32. The molecule has 1 heterocycles. The lowest BCUT2D eigenvalue weighted by molar-refractivity contribution is 0.553. The fraction of sp³-hybridized carbons (Fsp3) is 0.750. The van der Waals surface area contributed by atoms with Gasteiger partial charge in [0, 0.05) is 25.3 Å². The summed E-state index contributed by atoms with van der Waals surface area (Å²) in [6.45, 7) is 4.50. The van der Waals surface area contributed by atoms with Crippen molar-refractivity contribution in [3.05, 3.63) is 18.2 Å². The summed E-state index contributed by atoms with van der Waals surface area (Å²) >= 11 is 0. The molecule has 1 aromatic rings. The van der Waals surface area contributed by atoms with Crippen LogP contribution >= 0.6 is 0 Å². The first-order chi connectivity index (χ1) is 7.33. The summed E-state index contributed by atoms with van der Waals surface area (Å²) in [5, 5.41) is 3.54. The first-order valence-electron chi connectivity index (χ1n) is 6.05. The molecule has 2 unspecified atom stereocenters. The van der Waals surface area contributed by atoms with Crippen molar-refractivity contribution in [2.45, 2.75) is 45.3 Å². The van der Waals surface area contributed by atoms with Gasteiger partial charge in [-0.2, -0.15) is 0 Å². The Morgan fingerprint density at radius 2 is 2.33 bits per heavy atom. The molecule has 3 rings (SSSR count). The topological polar surface area (TPSA) is 29.9 Å². The van der Waals surface area contributed by atoms with E-state index in [9.17, 15) is 0 Å². The summed E-state index contributed by atoms with van der Waals surface area (Å²) < 4.78 is 2.32. The Morgan fingerprint density at radius 1 is 1.53 bits per heavy atom. The molecule has 0 spiro atoms. The average Bonchev–Trinajstić information content (AvgIpc) is 3.10. The number of rotatable bonds is 5. The second kappa shape index (κ2) is 3.63. The Kier molecular flexibility index (Phi) is 2.28. The molecule has 2 aliphatic rings. The maximum Gasteiger partial charge on any atom is 0.0948 e. The van der Waals surface area contributed by atoms with Crippen molar-refractivity contribution in [3.63, 3.8) is 0 Å². The van der Waals surface area contributed by atoms with Gasteiger partial charge in [-0.3, -0.25) is 0 Å². The number of nitrogens with one attached hydrogen (secondary N) is 1. The van der Waals surface area contributed by atoms with Crippen LogP contribution in [-0.2, 0) is 13.1 Å². The molecule has 0 saturated heterocycles. The lowest BCUT2D eigenvalue weighted by atomic mass is 10.3. The normalized spacial score (nSPS) is 29.4. The molecule has 15 heavy (non-hydrogen) atoms. The highest BCUT2D eigenvalue weighted by molar-refractivity contribution is 5.01. The largest absolute Gasteiger partial charge is 0.333 e. The van der Waals surface area contributed by atoms with Crippen LogP contribution in [0.1, 0.15) is 31.9 Å². The van der Waals surface area contributed by atoms with Crippen molar-refractivity contribution in [3.8, 4) is 0 Å². The van der Waals surface area contributed by atoms with Crippen LogP contribution in [0.4, 0.5) is 0 Å². The van der Waals surface area contributed by atoms with Crippen LogP contribution in [0, 0.1) is 11.8 Å². The van der Waals surface area contributed by atoms with Crippen LogP contribution < -0.4 is 5.32 Å². The summed E-state index contributed by atoms with van der Waals surface area (Å²) in [4.78, 5) is 4.25. The van der Waals surface area contributed by atoms with Crippen molar-refractivity contribution in [2.24, 2.45) is 11.8 Å². The summed E-state index contributed by atoms with van der Waals surface area (Å²) in [7, 11) is 0. The summed E-state index contributed by atoms with van der Waals surface area (Å²) in [5.74, 6) is 1.83. The van der Waals surface area contributed by atoms with Gasteiger partial charge in [0.2, 0.25) is 0 Å². The molecule has 82 valence electrons. The maximum absolute atomic E-state index is 4.25. The number of aromatic nitrogens is 2. The van der Waals surface area contributed by atoms with E-state index in [1.54, 1.807) is 0 Å². The molecule has 2 saturated carbocycles. The lowest BCUT2D eigenvalue weighted by Gasteiger charge is -2.08. The molecule has 3 nitrogen and oxygen atoms in total. The molecule has 0 aromatic carbocycles. The van der Waals surface area contributed by atoms with Crippen LogP contribution in [0.3, 0.4) is 0 Å². The van der Waals surface area contributed by atoms with Crippen LogP contribution in [0.2, 0.25) is 0 Å². The highest BCUT2D eigenvalue weighted by Gasteiger charge is 2.32. The molecular weight excluding hydrogens is 186 g/mol. The summed E-state index contributed by atoms with van der Waals surface area (Å²) in [6.07, 6.45) is 8.09. The first kappa shape index (κ1) is 9.40. The SMILES string of the molecule is CC1CC1Cn1cncc1CNC1CC1. The van der Waals surface area contributed by atoms with Gasteiger partial charge in [0.25, 0.3) is 0 Å². The Balaban J connectivity index is 1.57. The van der Waals surface area contributed by atoms with E-state index in [0.717, 1.165) is 24.4 Å². The quantitative estimate of drug-likeness (QED) is 0.794. The Hall–Kier alpha value is -0.830. The first-order valence-corrected chi connectivity index (χ1v) is 6.05. The minimum Gasteiger partial charge on any atom is -0.333 e. The van der Waals surface area contributed by atoms with E-state index >= 15 is 0 Å². The molecule has 2 atom stereocenters. The highest BCUT2D eigenvalue weighted by Crippen LogP contribution is 2.39. The van der Waals surface area contributed by atoms with E-state index in [2.05, 4.69) is 21.8 Å². The maximum atomic E-state index is 4.25. The number of hydrogen-bond donors (Lipinski definition) is 1.